The molecule has 0 aliphatic heterocycles. The number of nitrogens with zero attached hydrogens (tertiary/aromatic N) is 1. The highest BCUT2D eigenvalue weighted by Gasteiger charge is 2.03. The Morgan fingerprint density at radius 3 is 2.56 bits per heavy atom. The van der Waals surface area contributed by atoms with E-state index in [2.05, 4.69) is 28.3 Å². The zero-order valence-electron chi connectivity index (χ0n) is 15.0. The first-order chi connectivity index (χ1) is 12.2. The Morgan fingerprint density at radius 2 is 1.88 bits per heavy atom. The summed E-state index contributed by atoms with van der Waals surface area (Å²) >= 11 is 0. The molecule has 0 atom stereocenters. The normalized spacial score (nSPS) is 11.2. The summed E-state index contributed by atoms with van der Waals surface area (Å²) in [7, 11) is 1.70. The summed E-state index contributed by atoms with van der Waals surface area (Å²) in [5.41, 5.74) is 2.20. The molecule has 0 amide bonds. The first-order valence-electron chi connectivity index (χ1n) is 8.50. The number of hydrogen-bond acceptors (Lipinski definition) is 3. The van der Waals surface area contributed by atoms with Crippen LogP contribution in [0, 0.1) is 0 Å². The Kier molecular flexibility index (Phi) is 7.63. The molecule has 0 fully saturated rings. The maximum atomic E-state index is 5.39. The lowest BCUT2D eigenvalue weighted by molar-refractivity contribution is 0.409. The highest BCUT2D eigenvalue weighted by Crippen LogP contribution is 2.17. The molecule has 0 spiro atoms. The molecule has 25 heavy (non-hydrogen) atoms. The van der Waals surface area contributed by atoms with Gasteiger partial charge in [0.1, 0.15) is 11.5 Å². The van der Waals surface area contributed by atoms with E-state index in [0.29, 0.717) is 6.54 Å². The third-order valence-electron chi connectivity index (χ3n) is 3.63. The Labute approximate surface area is 149 Å². The Balaban J connectivity index is 1.84. The number of aliphatic imine (C=N–C) groups is 1. The van der Waals surface area contributed by atoms with Gasteiger partial charge in [0, 0.05) is 19.5 Å². The molecule has 2 rings (SSSR count). The lowest BCUT2D eigenvalue weighted by atomic mass is 10.1. The van der Waals surface area contributed by atoms with E-state index in [0.717, 1.165) is 49.0 Å². The first kappa shape index (κ1) is 18.6. The van der Waals surface area contributed by atoms with E-state index in [1.807, 2.05) is 37.3 Å². The van der Waals surface area contributed by atoms with Gasteiger partial charge in [0.05, 0.1) is 19.9 Å². The summed E-state index contributed by atoms with van der Waals surface area (Å²) < 4.78 is 10.7. The molecule has 0 saturated carbocycles. The van der Waals surface area contributed by atoms with Crippen LogP contribution in [0.1, 0.15) is 18.2 Å². The molecule has 0 unspecified atom stereocenters. The molecule has 0 saturated heterocycles. The fraction of sp³-hybridized carbons (Fsp3) is 0.350. The van der Waals surface area contributed by atoms with Crippen LogP contribution < -0.4 is 15.4 Å². The second-order valence-corrected chi connectivity index (χ2v) is 5.87. The Bertz CT molecular complexity index is 678. The van der Waals surface area contributed by atoms with Gasteiger partial charge in [-0.05, 0) is 37.1 Å². The molecular formula is C20H27N3O2. The van der Waals surface area contributed by atoms with E-state index in [1.165, 1.54) is 5.56 Å². The van der Waals surface area contributed by atoms with E-state index in [9.17, 15) is 0 Å². The van der Waals surface area contributed by atoms with Gasteiger partial charge in [-0.25, -0.2) is 4.99 Å². The lowest BCUT2D eigenvalue weighted by Crippen LogP contribution is -2.39. The zero-order chi connectivity index (χ0) is 17.9. The van der Waals surface area contributed by atoms with Crippen LogP contribution >= 0.6 is 0 Å². The smallest absolute Gasteiger partial charge is 0.191 e. The van der Waals surface area contributed by atoms with Crippen molar-refractivity contribution < 1.29 is 9.15 Å². The van der Waals surface area contributed by atoms with Crippen molar-refractivity contribution in [3.63, 3.8) is 0 Å². The average Bonchev–Trinajstić information content (AvgIpc) is 3.13. The Morgan fingerprint density at radius 1 is 1.12 bits per heavy atom. The van der Waals surface area contributed by atoms with E-state index in [1.54, 1.807) is 13.4 Å². The average molecular weight is 341 g/mol. The van der Waals surface area contributed by atoms with Crippen LogP contribution in [0.2, 0.25) is 0 Å². The van der Waals surface area contributed by atoms with E-state index in [-0.39, 0.29) is 0 Å². The lowest BCUT2D eigenvalue weighted by Gasteiger charge is -2.13. The predicted molar refractivity (Wildman–Crippen MR) is 102 cm³/mol. The predicted octanol–water partition coefficient (Wildman–Crippen LogP) is 3.18. The van der Waals surface area contributed by atoms with Gasteiger partial charge in [0.25, 0.3) is 0 Å². The summed E-state index contributed by atoms with van der Waals surface area (Å²) in [5, 5.41) is 6.70. The van der Waals surface area contributed by atoms with Gasteiger partial charge in [-0.2, -0.15) is 0 Å². The maximum Gasteiger partial charge on any atom is 0.191 e. The summed E-state index contributed by atoms with van der Waals surface area (Å²) in [4.78, 5) is 4.55. The van der Waals surface area contributed by atoms with Gasteiger partial charge in [-0.1, -0.05) is 30.4 Å². The zero-order valence-corrected chi connectivity index (χ0v) is 15.0. The summed E-state index contributed by atoms with van der Waals surface area (Å²) in [6, 6.07) is 11.9. The highest BCUT2D eigenvalue weighted by atomic mass is 16.5. The number of rotatable bonds is 9. The molecular weight excluding hydrogens is 314 g/mol. The summed E-state index contributed by atoms with van der Waals surface area (Å²) in [5.74, 6) is 2.65. The van der Waals surface area contributed by atoms with Crippen molar-refractivity contribution in [1.29, 1.82) is 0 Å². The van der Waals surface area contributed by atoms with Crippen LogP contribution in [0.5, 0.6) is 5.75 Å². The molecule has 0 aliphatic rings. The van der Waals surface area contributed by atoms with Crippen molar-refractivity contribution in [2.75, 3.05) is 26.7 Å². The van der Waals surface area contributed by atoms with E-state index >= 15 is 0 Å². The summed E-state index contributed by atoms with van der Waals surface area (Å²) in [6.07, 6.45) is 3.36. The molecule has 5 nitrogen and oxygen atoms in total. The molecule has 1 aromatic carbocycles. The van der Waals surface area contributed by atoms with E-state index < -0.39 is 0 Å². The summed E-state index contributed by atoms with van der Waals surface area (Å²) in [6.45, 7) is 8.00. The minimum atomic E-state index is 0.602. The van der Waals surface area contributed by atoms with Crippen molar-refractivity contribution >= 4 is 5.96 Å². The van der Waals surface area contributed by atoms with Crippen molar-refractivity contribution in [2.24, 2.45) is 4.99 Å². The molecule has 0 aliphatic carbocycles. The van der Waals surface area contributed by atoms with Crippen LogP contribution in [0.3, 0.4) is 0 Å². The van der Waals surface area contributed by atoms with Crippen LogP contribution in [-0.4, -0.2) is 32.7 Å². The highest BCUT2D eigenvalue weighted by molar-refractivity contribution is 5.79. The number of methoxy groups -OCH3 is 1. The number of para-hydroxylation sites is 1. The maximum absolute atomic E-state index is 5.39. The largest absolute Gasteiger partial charge is 0.496 e. The molecule has 134 valence electrons. The fourth-order valence-electron chi connectivity index (χ4n) is 2.37. The minimum Gasteiger partial charge on any atom is -0.496 e. The topological polar surface area (TPSA) is 58.8 Å². The molecule has 0 bridgehead atoms. The third kappa shape index (κ3) is 6.75. The first-order valence-corrected chi connectivity index (χ1v) is 8.50. The number of guanidine groups is 1. The van der Waals surface area contributed by atoms with Crippen LogP contribution in [0.25, 0.3) is 0 Å². The van der Waals surface area contributed by atoms with Gasteiger partial charge < -0.3 is 19.8 Å². The number of hydrogen-bond donors (Lipinski definition) is 2. The molecule has 2 aromatic rings. The number of ether oxygens (including phenoxy) is 1. The van der Waals surface area contributed by atoms with Crippen LogP contribution in [0.15, 0.2) is 64.2 Å². The number of furan rings is 1. The van der Waals surface area contributed by atoms with Gasteiger partial charge in [-0.15, -0.1) is 0 Å². The van der Waals surface area contributed by atoms with Crippen molar-refractivity contribution in [3.8, 4) is 5.75 Å². The molecule has 2 N–H and O–H groups in total. The van der Waals surface area contributed by atoms with Gasteiger partial charge >= 0.3 is 0 Å². The van der Waals surface area contributed by atoms with Gasteiger partial charge in [-0.3, -0.25) is 0 Å². The number of nitrogens with one attached hydrogen (secondary N) is 2. The van der Waals surface area contributed by atoms with Crippen molar-refractivity contribution in [3.05, 3.63) is 66.1 Å². The standard InChI is InChI=1S/C20H27N3O2/c1-16(2)15-23-20(22-13-11-18-8-6-14-25-18)21-12-10-17-7-4-5-9-19(17)24-3/h4-9,14H,1,10-13,15H2,2-3H3,(H2,21,22,23). The van der Waals surface area contributed by atoms with E-state index in [4.69, 9.17) is 9.15 Å². The monoisotopic (exact) mass is 341 g/mol. The second kappa shape index (κ2) is 10.2. The van der Waals surface area contributed by atoms with Crippen LogP contribution in [0.4, 0.5) is 0 Å². The Hall–Kier alpha value is -2.69. The molecule has 0 radical (unpaired) electrons. The SMILES string of the molecule is C=C(C)CN=C(NCCc1ccco1)NCCc1ccccc1OC. The molecule has 1 heterocycles. The van der Waals surface area contributed by atoms with Gasteiger partial charge in [0.2, 0.25) is 0 Å². The van der Waals surface area contributed by atoms with Crippen LogP contribution in [-0.2, 0) is 12.8 Å². The van der Waals surface area contributed by atoms with Crippen molar-refractivity contribution in [1.82, 2.24) is 10.6 Å². The quantitative estimate of drug-likeness (QED) is 0.418. The second-order valence-electron chi connectivity index (χ2n) is 5.87. The van der Waals surface area contributed by atoms with Crippen molar-refractivity contribution in [2.45, 2.75) is 19.8 Å². The molecule has 1 aromatic heterocycles. The number of benzene rings is 1. The molecule has 5 heteroatoms. The minimum absolute atomic E-state index is 0.602. The third-order valence-corrected chi connectivity index (χ3v) is 3.63. The van der Waals surface area contributed by atoms with Gasteiger partial charge in [0.15, 0.2) is 5.96 Å². The fourth-order valence-corrected chi connectivity index (χ4v) is 2.37.